The third-order valence-electron chi connectivity index (χ3n) is 3.27. The molecule has 0 bridgehead atoms. The molecule has 0 spiro atoms. The van der Waals surface area contributed by atoms with Crippen molar-refractivity contribution in [3.05, 3.63) is 57.5 Å². The van der Waals surface area contributed by atoms with Gasteiger partial charge in [0.15, 0.2) is 0 Å². The molecule has 0 aliphatic rings. The van der Waals surface area contributed by atoms with Crippen LogP contribution in [0.1, 0.15) is 30.0 Å². The lowest BCUT2D eigenvalue weighted by Gasteiger charge is -2.24. The molecule has 0 amide bonds. The Morgan fingerprint density at radius 2 is 2.11 bits per heavy atom. The Balaban J connectivity index is 2.11. The zero-order valence-electron chi connectivity index (χ0n) is 10.6. The van der Waals surface area contributed by atoms with E-state index in [1.807, 2.05) is 5.38 Å². The molecular weight excluding hydrogens is 247 g/mol. The van der Waals surface area contributed by atoms with Crippen molar-refractivity contribution in [2.24, 2.45) is 0 Å². The number of thiophene rings is 1. The lowest BCUT2D eigenvalue weighted by Crippen LogP contribution is -2.22. The van der Waals surface area contributed by atoms with Crippen LogP contribution in [0.15, 0.2) is 35.0 Å². The molecule has 2 aromatic rings. The van der Waals surface area contributed by atoms with Gasteiger partial charge in [-0.1, -0.05) is 12.1 Å². The molecular formula is C15H17FOS. The van der Waals surface area contributed by atoms with Gasteiger partial charge in [0.25, 0.3) is 0 Å². The van der Waals surface area contributed by atoms with Crippen molar-refractivity contribution in [3.63, 3.8) is 0 Å². The number of benzene rings is 1. The Bertz CT molecular complexity index is 517. The van der Waals surface area contributed by atoms with Crippen LogP contribution >= 0.6 is 11.3 Å². The predicted octanol–water partition coefficient (Wildman–Crippen LogP) is 4.04. The zero-order valence-corrected chi connectivity index (χ0v) is 11.4. The minimum Gasteiger partial charge on any atom is -0.385 e. The molecule has 1 N–H and O–H groups in total. The summed E-state index contributed by atoms with van der Waals surface area (Å²) in [5, 5.41) is 14.5. The molecule has 1 aromatic heterocycles. The van der Waals surface area contributed by atoms with Gasteiger partial charge in [-0.2, -0.15) is 11.3 Å². The fourth-order valence-electron chi connectivity index (χ4n) is 1.89. The average Bonchev–Trinajstić information content (AvgIpc) is 2.83. The number of aryl methyl sites for hydroxylation is 2. The van der Waals surface area contributed by atoms with Crippen LogP contribution in [0.3, 0.4) is 0 Å². The summed E-state index contributed by atoms with van der Waals surface area (Å²) in [6, 6.07) is 7.00. The molecule has 3 heteroatoms. The van der Waals surface area contributed by atoms with Gasteiger partial charge in [0.2, 0.25) is 0 Å². The average molecular weight is 264 g/mol. The van der Waals surface area contributed by atoms with Gasteiger partial charge in [0.1, 0.15) is 5.82 Å². The van der Waals surface area contributed by atoms with E-state index in [1.54, 1.807) is 37.3 Å². The zero-order chi connectivity index (χ0) is 13.2. The van der Waals surface area contributed by atoms with Crippen LogP contribution < -0.4 is 0 Å². The van der Waals surface area contributed by atoms with Crippen molar-refractivity contribution in [1.29, 1.82) is 0 Å². The van der Waals surface area contributed by atoms with Gasteiger partial charge in [-0.25, -0.2) is 4.39 Å². The summed E-state index contributed by atoms with van der Waals surface area (Å²) >= 11 is 1.65. The second-order valence-electron chi connectivity index (χ2n) is 4.87. The maximum atomic E-state index is 13.5. The molecule has 1 heterocycles. The summed E-state index contributed by atoms with van der Waals surface area (Å²) in [5.41, 5.74) is 1.47. The van der Waals surface area contributed by atoms with E-state index in [2.05, 4.69) is 11.4 Å². The van der Waals surface area contributed by atoms with E-state index in [0.29, 0.717) is 17.5 Å². The number of aliphatic hydroxyl groups is 1. The number of rotatable bonds is 4. The lowest BCUT2D eigenvalue weighted by atomic mass is 9.89. The largest absolute Gasteiger partial charge is 0.385 e. The molecule has 0 fully saturated rings. The first-order valence-electron chi connectivity index (χ1n) is 5.99. The van der Waals surface area contributed by atoms with Crippen molar-refractivity contribution in [3.8, 4) is 0 Å². The fourth-order valence-corrected chi connectivity index (χ4v) is 2.60. The Morgan fingerprint density at radius 3 is 2.72 bits per heavy atom. The topological polar surface area (TPSA) is 20.2 Å². The highest BCUT2D eigenvalue weighted by Crippen LogP contribution is 2.27. The Hall–Kier alpha value is -1.19. The van der Waals surface area contributed by atoms with E-state index in [0.717, 1.165) is 6.42 Å². The highest BCUT2D eigenvalue weighted by atomic mass is 32.1. The maximum Gasteiger partial charge on any atom is 0.126 e. The molecule has 0 aliphatic heterocycles. The van der Waals surface area contributed by atoms with E-state index in [4.69, 9.17) is 0 Å². The van der Waals surface area contributed by atoms with Crippen LogP contribution in [0.5, 0.6) is 0 Å². The van der Waals surface area contributed by atoms with E-state index in [1.165, 1.54) is 11.6 Å². The molecule has 96 valence electrons. The van der Waals surface area contributed by atoms with Crippen LogP contribution in [0.4, 0.5) is 4.39 Å². The molecule has 1 unspecified atom stereocenters. The van der Waals surface area contributed by atoms with Crippen molar-refractivity contribution >= 4 is 11.3 Å². The molecule has 0 saturated carbocycles. The van der Waals surface area contributed by atoms with Gasteiger partial charge in [0.05, 0.1) is 5.60 Å². The summed E-state index contributed by atoms with van der Waals surface area (Å²) in [6.07, 6.45) is 1.39. The molecule has 0 aliphatic carbocycles. The monoisotopic (exact) mass is 264 g/mol. The van der Waals surface area contributed by atoms with Gasteiger partial charge < -0.3 is 5.11 Å². The van der Waals surface area contributed by atoms with E-state index in [-0.39, 0.29) is 5.82 Å². The van der Waals surface area contributed by atoms with Crippen LogP contribution in [0.2, 0.25) is 0 Å². The van der Waals surface area contributed by atoms with Gasteiger partial charge in [-0.3, -0.25) is 0 Å². The Labute approximate surface area is 111 Å². The summed E-state index contributed by atoms with van der Waals surface area (Å²) in [4.78, 5) is 0. The van der Waals surface area contributed by atoms with Gasteiger partial charge in [0, 0.05) is 0 Å². The molecule has 0 radical (unpaired) electrons. The van der Waals surface area contributed by atoms with Crippen molar-refractivity contribution in [2.75, 3.05) is 0 Å². The standard InChI is InChI=1S/C15H17FOS/c1-11-3-4-13(9-14(11)16)15(2,17)7-5-12-6-8-18-10-12/h3-4,6,8-10,17H,5,7H2,1-2H3. The third-order valence-corrected chi connectivity index (χ3v) is 4.01. The molecule has 1 atom stereocenters. The van der Waals surface area contributed by atoms with Crippen molar-refractivity contribution in [1.82, 2.24) is 0 Å². The van der Waals surface area contributed by atoms with Crippen LogP contribution in [0.25, 0.3) is 0 Å². The minimum absolute atomic E-state index is 0.261. The smallest absolute Gasteiger partial charge is 0.126 e. The Kier molecular flexibility index (Phi) is 3.83. The second-order valence-corrected chi connectivity index (χ2v) is 5.65. The molecule has 1 nitrogen and oxygen atoms in total. The quantitative estimate of drug-likeness (QED) is 0.883. The van der Waals surface area contributed by atoms with E-state index in [9.17, 15) is 9.50 Å². The first kappa shape index (κ1) is 13.2. The third kappa shape index (κ3) is 2.98. The normalized spacial score (nSPS) is 14.4. The number of hydrogen-bond donors (Lipinski definition) is 1. The van der Waals surface area contributed by atoms with Gasteiger partial charge in [-0.05, 0) is 66.3 Å². The van der Waals surface area contributed by atoms with E-state index < -0.39 is 5.60 Å². The van der Waals surface area contributed by atoms with Gasteiger partial charge >= 0.3 is 0 Å². The van der Waals surface area contributed by atoms with Crippen molar-refractivity contribution < 1.29 is 9.50 Å². The van der Waals surface area contributed by atoms with Crippen LogP contribution in [-0.2, 0) is 12.0 Å². The fraction of sp³-hybridized carbons (Fsp3) is 0.333. The molecule has 0 saturated heterocycles. The van der Waals surface area contributed by atoms with Crippen molar-refractivity contribution in [2.45, 2.75) is 32.3 Å². The minimum atomic E-state index is -0.990. The number of hydrogen-bond acceptors (Lipinski definition) is 2. The summed E-state index contributed by atoms with van der Waals surface area (Å²) in [7, 11) is 0. The molecule has 1 aromatic carbocycles. The first-order valence-corrected chi connectivity index (χ1v) is 6.93. The summed E-state index contributed by atoms with van der Waals surface area (Å²) in [5.74, 6) is -0.261. The first-order chi connectivity index (χ1) is 8.49. The number of halogens is 1. The molecule has 2 rings (SSSR count). The summed E-state index contributed by atoms with van der Waals surface area (Å²) in [6.45, 7) is 3.46. The maximum absolute atomic E-state index is 13.5. The van der Waals surface area contributed by atoms with Crippen LogP contribution in [0, 0.1) is 12.7 Å². The van der Waals surface area contributed by atoms with Crippen LogP contribution in [-0.4, -0.2) is 5.11 Å². The highest BCUT2D eigenvalue weighted by molar-refractivity contribution is 7.07. The highest BCUT2D eigenvalue weighted by Gasteiger charge is 2.23. The van der Waals surface area contributed by atoms with E-state index >= 15 is 0 Å². The molecule has 18 heavy (non-hydrogen) atoms. The Morgan fingerprint density at radius 1 is 1.33 bits per heavy atom. The second kappa shape index (κ2) is 5.21. The lowest BCUT2D eigenvalue weighted by molar-refractivity contribution is 0.0477. The van der Waals surface area contributed by atoms with Gasteiger partial charge in [-0.15, -0.1) is 0 Å². The predicted molar refractivity (Wildman–Crippen MR) is 73.3 cm³/mol. The summed E-state index contributed by atoms with van der Waals surface area (Å²) < 4.78 is 13.5. The SMILES string of the molecule is Cc1ccc(C(C)(O)CCc2ccsc2)cc1F.